The average Bonchev–Trinajstić information content (AvgIpc) is 2.37. The van der Waals surface area contributed by atoms with Gasteiger partial charge in [-0.15, -0.1) is 6.42 Å². The van der Waals surface area contributed by atoms with Crippen molar-refractivity contribution in [2.75, 3.05) is 6.61 Å². The van der Waals surface area contributed by atoms with Crippen LogP contribution in [-0.4, -0.2) is 12.3 Å². The number of hydrogen-bond donors (Lipinski definition) is 0. The molecule has 0 saturated carbocycles. The number of nitrogens with zero attached hydrogens (tertiary/aromatic N) is 1. The lowest BCUT2D eigenvalue weighted by atomic mass is 10.1. The minimum absolute atomic E-state index is 0.277. The highest BCUT2D eigenvalue weighted by molar-refractivity contribution is 5.99. The standard InChI is InChI=1S/C16H15NO/c1-4-11-18-16-10-9-15(17-12(2)3)13-7-5-6-8-14(13)16/h1,5-10H,11H2,2-3H3. The number of fused-ring (bicyclic) bond motifs is 1. The van der Waals surface area contributed by atoms with Gasteiger partial charge in [-0.3, -0.25) is 4.99 Å². The van der Waals surface area contributed by atoms with Gasteiger partial charge in [-0.1, -0.05) is 30.2 Å². The zero-order valence-corrected chi connectivity index (χ0v) is 10.6. The van der Waals surface area contributed by atoms with Gasteiger partial charge in [-0.2, -0.15) is 0 Å². The molecule has 2 heteroatoms. The van der Waals surface area contributed by atoms with Gasteiger partial charge >= 0.3 is 0 Å². The first-order valence-corrected chi connectivity index (χ1v) is 5.82. The van der Waals surface area contributed by atoms with Gasteiger partial charge in [-0.25, -0.2) is 0 Å². The lowest BCUT2D eigenvalue weighted by Crippen LogP contribution is -1.94. The van der Waals surface area contributed by atoms with Crippen LogP contribution in [-0.2, 0) is 0 Å². The third kappa shape index (κ3) is 2.52. The van der Waals surface area contributed by atoms with Crippen LogP contribution in [0.3, 0.4) is 0 Å². The van der Waals surface area contributed by atoms with E-state index >= 15 is 0 Å². The summed E-state index contributed by atoms with van der Waals surface area (Å²) in [5.41, 5.74) is 1.98. The van der Waals surface area contributed by atoms with Gasteiger partial charge in [-0.05, 0) is 26.0 Å². The number of hydrogen-bond acceptors (Lipinski definition) is 2. The van der Waals surface area contributed by atoms with Gasteiger partial charge in [0, 0.05) is 16.5 Å². The Morgan fingerprint density at radius 2 is 1.89 bits per heavy atom. The second-order valence-electron chi connectivity index (χ2n) is 4.18. The van der Waals surface area contributed by atoms with E-state index in [1.807, 2.05) is 50.2 Å². The fourth-order valence-electron chi connectivity index (χ4n) is 1.84. The van der Waals surface area contributed by atoms with E-state index in [-0.39, 0.29) is 6.61 Å². The van der Waals surface area contributed by atoms with Crippen molar-refractivity contribution in [1.82, 2.24) is 0 Å². The Morgan fingerprint density at radius 1 is 1.17 bits per heavy atom. The van der Waals surface area contributed by atoms with E-state index in [1.165, 1.54) is 0 Å². The molecule has 0 bridgehead atoms. The molecular weight excluding hydrogens is 222 g/mol. The van der Waals surface area contributed by atoms with Gasteiger partial charge in [0.05, 0.1) is 5.69 Å². The van der Waals surface area contributed by atoms with E-state index < -0.39 is 0 Å². The molecule has 0 aliphatic rings. The molecule has 0 fully saturated rings. The number of ether oxygens (including phenoxy) is 1. The Labute approximate surface area is 107 Å². The Hall–Kier alpha value is -2.27. The van der Waals surface area contributed by atoms with Crippen molar-refractivity contribution in [3.63, 3.8) is 0 Å². The lowest BCUT2D eigenvalue weighted by molar-refractivity contribution is 0.375. The fraction of sp³-hybridized carbons (Fsp3) is 0.188. The van der Waals surface area contributed by atoms with E-state index in [0.29, 0.717) is 0 Å². The van der Waals surface area contributed by atoms with E-state index in [2.05, 4.69) is 10.9 Å². The first-order valence-electron chi connectivity index (χ1n) is 5.82. The summed E-state index contributed by atoms with van der Waals surface area (Å²) in [6, 6.07) is 11.9. The quantitative estimate of drug-likeness (QED) is 0.584. The summed E-state index contributed by atoms with van der Waals surface area (Å²) >= 11 is 0. The molecule has 0 heterocycles. The number of terminal acetylenes is 1. The van der Waals surface area contributed by atoms with Crippen molar-refractivity contribution in [1.29, 1.82) is 0 Å². The van der Waals surface area contributed by atoms with Crippen LogP contribution in [0.2, 0.25) is 0 Å². The topological polar surface area (TPSA) is 21.6 Å². The Bertz CT molecular complexity index is 631. The van der Waals surface area contributed by atoms with Crippen molar-refractivity contribution in [3.8, 4) is 18.1 Å². The molecular formula is C16H15NO. The van der Waals surface area contributed by atoms with Crippen molar-refractivity contribution in [3.05, 3.63) is 36.4 Å². The van der Waals surface area contributed by atoms with Crippen LogP contribution < -0.4 is 4.74 Å². The van der Waals surface area contributed by atoms with Crippen LogP contribution in [0, 0.1) is 12.3 Å². The molecule has 0 saturated heterocycles. The normalized spacial score (nSPS) is 9.83. The highest BCUT2D eigenvalue weighted by Crippen LogP contribution is 2.33. The molecule has 0 aliphatic carbocycles. The van der Waals surface area contributed by atoms with Gasteiger partial charge in [0.25, 0.3) is 0 Å². The predicted molar refractivity (Wildman–Crippen MR) is 76.7 cm³/mol. The maximum atomic E-state index is 5.54. The summed E-state index contributed by atoms with van der Waals surface area (Å²) in [5, 5.41) is 2.11. The first-order chi connectivity index (χ1) is 8.72. The minimum Gasteiger partial charge on any atom is -0.480 e. The third-order valence-corrected chi connectivity index (χ3v) is 2.52. The van der Waals surface area contributed by atoms with Crippen LogP contribution in [0.5, 0.6) is 5.75 Å². The van der Waals surface area contributed by atoms with E-state index in [4.69, 9.17) is 11.2 Å². The van der Waals surface area contributed by atoms with Gasteiger partial charge in [0.1, 0.15) is 12.4 Å². The fourth-order valence-corrected chi connectivity index (χ4v) is 1.84. The summed E-state index contributed by atoms with van der Waals surface area (Å²) in [4.78, 5) is 4.53. The van der Waals surface area contributed by atoms with Crippen molar-refractivity contribution in [2.24, 2.45) is 4.99 Å². The summed E-state index contributed by atoms with van der Waals surface area (Å²) in [6.45, 7) is 4.24. The van der Waals surface area contributed by atoms with Crippen molar-refractivity contribution >= 4 is 22.2 Å². The van der Waals surface area contributed by atoms with Crippen LogP contribution in [0.4, 0.5) is 5.69 Å². The molecule has 0 amide bonds. The predicted octanol–water partition coefficient (Wildman–Crippen LogP) is 3.96. The smallest absolute Gasteiger partial charge is 0.148 e. The number of aliphatic imine (C=N–C) groups is 1. The number of benzene rings is 2. The molecule has 0 unspecified atom stereocenters. The van der Waals surface area contributed by atoms with E-state index in [1.54, 1.807) is 0 Å². The molecule has 2 nitrogen and oxygen atoms in total. The monoisotopic (exact) mass is 237 g/mol. The van der Waals surface area contributed by atoms with Crippen LogP contribution in [0.25, 0.3) is 10.8 Å². The Morgan fingerprint density at radius 3 is 2.56 bits per heavy atom. The molecule has 90 valence electrons. The summed E-state index contributed by atoms with van der Waals surface area (Å²) in [6.07, 6.45) is 5.22. The molecule has 18 heavy (non-hydrogen) atoms. The SMILES string of the molecule is C#CCOc1ccc(N=C(C)C)c2ccccc12. The summed E-state index contributed by atoms with van der Waals surface area (Å²) in [5.74, 6) is 3.28. The summed E-state index contributed by atoms with van der Waals surface area (Å²) < 4.78 is 5.54. The molecule has 0 radical (unpaired) electrons. The van der Waals surface area contributed by atoms with Crippen LogP contribution in [0.1, 0.15) is 13.8 Å². The average molecular weight is 237 g/mol. The zero-order valence-electron chi connectivity index (χ0n) is 10.6. The first kappa shape index (κ1) is 12.2. The highest BCUT2D eigenvalue weighted by Gasteiger charge is 2.05. The molecule has 0 atom stereocenters. The second-order valence-corrected chi connectivity index (χ2v) is 4.18. The van der Waals surface area contributed by atoms with Crippen LogP contribution >= 0.6 is 0 Å². The van der Waals surface area contributed by atoms with Crippen LogP contribution in [0.15, 0.2) is 41.4 Å². The Kier molecular flexibility index (Phi) is 3.64. The van der Waals surface area contributed by atoms with Gasteiger partial charge in [0.2, 0.25) is 0 Å². The van der Waals surface area contributed by atoms with Crippen molar-refractivity contribution < 1.29 is 4.74 Å². The lowest BCUT2D eigenvalue weighted by Gasteiger charge is -2.09. The molecule has 2 rings (SSSR count). The van der Waals surface area contributed by atoms with E-state index in [9.17, 15) is 0 Å². The van der Waals surface area contributed by atoms with E-state index in [0.717, 1.165) is 27.9 Å². The molecule has 2 aromatic rings. The largest absolute Gasteiger partial charge is 0.480 e. The van der Waals surface area contributed by atoms with Gasteiger partial charge in [0.15, 0.2) is 0 Å². The van der Waals surface area contributed by atoms with Crippen molar-refractivity contribution in [2.45, 2.75) is 13.8 Å². The second kappa shape index (κ2) is 5.37. The minimum atomic E-state index is 0.277. The van der Waals surface area contributed by atoms with Gasteiger partial charge < -0.3 is 4.74 Å². The molecule has 0 aliphatic heterocycles. The Balaban J connectivity index is 2.59. The maximum absolute atomic E-state index is 5.54. The highest BCUT2D eigenvalue weighted by atomic mass is 16.5. The molecule has 2 aromatic carbocycles. The third-order valence-electron chi connectivity index (χ3n) is 2.52. The molecule has 0 N–H and O–H groups in total. The molecule has 0 spiro atoms. The maximum Gasteiger partial charge on any atom is 0.148 e. The summed E-state index contributed by atoms with van der Waals surface area (Å²) in [7, 11) is 0. The molecule has 0 aromatic heterocycles. The number of rotatable bonds is 3. The zero-order chi connectivity index (χ0) is 13.0.